The van der Waals surface area contributed by atoms with Crippen LogP contribution < -0.4 is 16.0 Å². The minimum absolute atomic E-state index is 0.240. The third-order valence-electron chi connectivity index (χ3n) is 6.28. The molecular formula is C25H29FN6O. The zero-order chi connectivity index (χ0) is 23.7. The number of hydrogen-bond acceptors (Lipinski definition) is 6. The fraction of sp³-hybridized carbons (Fsp3) is 0.320. The van der Waals surface area contributed by atoms with Crippen molar-refractivity contribution in [3.8, 4) is 11.3 Å². The Morgan fingerprint density at radius 3 is 2.55 bits per heavy atom. The number of nitrogens with zero attached hydrogens (tertiary/aromatic N) is 4. The minimum atomic E-state index is -0.601. The number of carbonyl (C=O) groups excluding carboxylic acids is 1. The van der Waals surface area contributed by atoms with E-state index in [2.05, 4.69) is 39.1 Å². The fourth-order valence-electron chi connectivity index (χ4n) is 4.24. The van der Waals surface area contributed by atoms with Crippen molar-refractivity contribution in [2.75, 3.05) is 36.9 Å². The van der Waals surface area contributed by atoms with E-state index >= 15 is 0 Å². The maximum Gasteiger partial charge on any atom is 0.252 e. The topological polar surface area (TPSA) is 87.4 Å². The molecular weight excluding hydrogens is 419 g/mol. The molecule has 1 unspecified atom stereocenters. The molecule has 172 valence electrons. The number of nitrogens with one attached hydrogen (secondary N) is 1. The molecule has 8 heteroatoms. The Bertz CT molecular complexity index is 1180. The predicted octanol–water partition coefficient (Wildman–Crippen LogP) is 3.88. The summed E-state index contributed by atoms with van der Waals surface area (Å²) in [7, 11) is 2.08. The second kappa shape index (κ2) is 9.15. The lowest BCUT2D eigenvalue weighted by Crippen LogP contribution is -2.50. The molecule has 0 spiro atoms. The van der Waals surface area contributed by atoms with Gasteiger partial charge in [0.1, 0.15) is 5.82 Å². The van der Waals surface area contributed by atoms with Crippen LogP contribution in [0.25, 0.3) is 11.3 Å². The maximum absolute atomic E-state index is 15.0. The molecule has 2 aromatic carbocycles. The van der Waals surface area contributed by atoms with Crippen molar-refractivity contribution in [3.05, 3.63) is 65.1 Å². The SMILES string of the molecule is Cc1cccc(C)c1-c1nc(Nc2ccc(N3CCN(C)C(C)C3)c(F)c2)ncc1C(N)=O. The molecule has 1 amide bonds. The van der Waals surface area contributed by atoms with Gasteiger partial charge in [-0.2, -0.15) is 0 Å². The Labute approximate surface area is 193 Å². The lowest BCUT2D eigenvalue weighted by atomic mass is 9.97. The van der Waals surface area contributed by atoms with Gasteiger partial charge in [0.15, 0.2) is 0 Å². The molecule has 0 bridgehead atoms. The summed E-state index contributed by atoms with van der Waals surface area (Å²) in [5.41, 5.74) is 10.2. The number of nitrogens with two attached hydrogens (primary N) is 1. The summed E-state index contributed by atoms with van der Waals surface area (Å²) >= 11 is 0. The number of aromatic nitrogens is 2. The highest BCUT2D eigenvalue weighted by Crippen LogP contribution is 2.30. The van der Waals surface area contributed by atoms with Gasteiger partial charge in [-0.15, -0.1) is 0 Å². The summed E-state index contributed by atoms with van der Waals surface area (Å²) in [5, 5.41) is 3.06. The Morgan fingerprint density at radius 2 is 1.91 bits per heavy atom. The van der Waals surface area contributed by atoms with Gasteiger partial charge in [-0.05, 0) is 57.1 Å². The lowest BCUT2D eigenvalue weighted by Gasteiger charge is -2.39. The molecule has 1 atom stereocenters. The molecule has 0 radical (unpaired) electrons. The molecule has 0 aliphatic carbocycles. The molecule has 3 aromatic rings. The van der Waals surface area contributed by atoms with Crippen molar-refractivity contribution in [2.24, 2.45) is 5.73 Å². The van der Waals surface area contributed by atoms with Crippen LogP contribution in [0.15, 0.2) is 42.6 Å². The molecule has 1 fully saturated rings. The molecule has 1 aliphatic rings. The van der Waals surface area contributed by atoms with Crippen LogP contribution in [0.3, 0.4) is 0 Å². The van der Waals surface area contributed by atoms with Crippen LogP contribution >= 0.6 is 0 Å². The van der Waals surface area contributed by atoms with Crippen molar-refractivity contribution in [3.63, 3.8) is 0 Å². The molecule has 1 saturated heterocycles. The van der Waals surface area contributed by atoms with E-state index in [0.29, 0.717) is 23.1 Å². The maximum atomic E-state index is 15.0. The lowest BCUT2D eigenvalue weighted by molar-refractivity contribution is 0.100. The van der Waals surface area contributed by atoms with E-state index in [-0.39, 0.29) is 17.3 Å². The van der Waals surface area contributed by atoms with Crippen LogP contribution in [0, 0.1) is 19.7 Å². The molecule has 0 saturated carbocycles. The van der Waals surface area contributed by atoms with Crippen molar-refractivity contribution in [2.45, 2.75) is 26.8 Å². The molecule has 2 heterocycles. The van der Waals surface area contributed by atoms with Gasteiger partial charge >= 0.3 is 0 Å². The van der Waals surface area contributed by atoms with Crippen LogP contribution in [0.5, 0.6) is 0 Å². The molecule has 4 rings (SSSR count). The Kier molecular flexibility index (Phi) is 6.29. The Morgan fingerprint density at radius 1 is 1.18 bits per heavy atom. The van der Waals surface area contributed by atoms with Gasteiger partial charge in [0.2, 0.25) is 5.95 Å². The van der Waals surface area contributed by atoms with E-state index < -0.39 is 5.91 Å². The highest BCUT2D eigenvalue weighted by molar-refractivity contribution is 5.99. The van der Waals surface area contributed by atoms with Crippen molar-refractivity contribution in [1.29, 1.82) is 0 Å². The summed E-state index contributed by atoms with van der Waals surface area (Å²) < 4.78 is 15.0. The van der Waals surface area contributed by atoms with Gasteiger partial charge < -0.3 is 20.9 Å². The van der Waals surface area contributed by atoms with Gasteiger partial charge in [0.05, 0.1) is 16.9 Å². The predicted molar refractivity (Wildman–Crippen MR) is 129 cm³/mol. The third kappa shape index (κ3) is 4.66. The van der Waals surface area contributed by atoms with Crippen LogP contribution in [0.1, 0.15) is 28.4 Å². The molecule has 7 nitrogen and oxygen atoms in total. The van der Waals surface area contributed by atoms with E-state index in [0.717, 1.165) is 36.3 Å². The Balaban J connectivity index is 1.63. The van der Waals surface area contributed by atoms with Crippen LogP contribution in [-0.2, 0) is 0 Å². The first-order chi connectivity index (χ1) is 15.7. The highest BCUT2D eigenvalue weighted by atomic mass is 19.1. The molecule has 3 N–H and O–H groups in total. The number of rotatable bonds is 5. The summed E-state index contributed by atoms with van der Waals surface area (Å²) in [6.07, 6.45) is 1.41. The number of likely N-dealkylation sites (N-methyl/N-ethyl adjacent to an activating group) is 1. The van der Waals surface area contributed by atoms with Gasteiger partial charge in [-0.1, -0.05) is 18.2 Å². The van der Waals surface area contributed by atoms with Crippen LogP contribution in [-0.4, -0.2) is 53.5 Å². The second-order valence-corrected chi connectivity index (χ2v) is 8.65. The van der Waals surface area contributed by atoms with E-state index in [1.807, 2.05) is 38.1 Å². The number of benzene rings is 2. The monoisotopic (exact) mass is 448 g/mol. The van der Waals surface area contributed by atoms with E-state index in [1.165, 1.54) is 12.3 Å². The quantitative estimate of drug-likeness (QED) is 0.616. The first kappa shape index (κ1) is 22.7. The van der Waals surface area contributed by atoms with E-state index in [1.54, 1.807) is 6.07 Å². The number of hydrogen-bond donors (Lipinski definition) is 2. The van der Waals surface area contributed by atoms with Crippen LogP contribution in [0.4, 0.5) is 21.7 Å². The first-order valence-corrected chi connectivity index (χ1v) is 11.0. The summed E-state index contributed by atoms with van der Waals surface area (Å²) in [4.78, 5) is 25.2. The van der Waals surface area contributed by atoms with E-state index in [9.17, 15) is 9.18 Å². The largest absolute Gasteiger partial charge is 0.366 e. The highest BCUT2D eigenvalue weighted by Gasteiger charge is 2.23. The molecule has 33 heavy (non-hydrogen) atoms. The summed E-state index contributed by atoms with van der Waals surface area (Å²) in [6, 6.07) is 11.2. The van der Waals surface area contributed by atoms with Crippen molar-refractivity contribution < 1.29 is 9.18 Å². The minimum Gasteiger partial charge on any atom is -0.366 e. The number of piperazine rings is 1. The second-order valence-electron chi connectivity index (χ2n) is 8.65. The van der Waals surface area contributed by atoms with Crippen molar-refractivity contribution in [1.82, 2.24) is 14.9 Å². The number of amides is 1. The smallest absolute Gasteiger partial charge is 0.252 e. The Hall–Kier alpha value is -3.52. The zero-order valence-electron chi connectivity index (χ0n) is 19.4. The standard InChI is InChI=1S/C25H29FN6O/c1-15-6-5-7-16(2)22(15)23-19(24(27)33)13-28-25(30-23)29-18-8-9-21(20(26)12-18)32-11-10-31(4)17(3)14-32/h5-9,12-13,17H,10-11,14H2,1-4H3,(H2,27,33)(H,28,29,30). The number of anilines is 3. The average Bonchev–Trinajstić information content (AvgIpc) is 2.76. The van der Waals surface area contributed by atoms with Gasteiger partial charge in [0.25, 0.3) is 5.91 Å². The van der Waals surface area contributed by atoms with Gasteiger partial charge in [0, 0.05) is 43.1 Å². The van der Waals surface area contributed by atoms with E-state index in [4.69, 9.17) is 5.73 Å². The normalized spacial score (nSPS) is 16.6. The van der Waals surface area contributed by atoms with Gasteiger partial charge in [-0.25, -0.2) is 14.4 Å². The summed E-state index contributed by atoms with van der Waals surface area (Å²) in [5.74, 6) is -0.644. The van der Waals surface area contributed by atoms with Crippen LogP contribution in [0.2, 0.25) is 0 Å². The first-order valence-electron chi connectivity index (χ1n) is 11.0. The molecule has 1 aliphatic heterocycles. The van der Waals surface area contributed by atoms with Gasteiger partial charge in [-0.3, -0.25) is 4.79 Å². The number of carbonyl (C=O) groups is 1. The van der Waals surface area contributed by atoms with Crippen molar-refractivity contribution >= 4 is 23.2 Å². The summed E-state index contributed by atoms with van der Waals surface area (Å²) in [6.45, 7) is 8.49. The zero-order valence-corrected chi connectivity index (χ0v) is 19.4. The number of aryl methyl sites for hydroxylation is 2. The molecule has 1 aromatic heterocycles. The number of primary amides is 1. The fourth-order valence-corrected chi connectivity index (χ4v) is 4.24. The number of halogens is 1. The average molecular weight is 449 g/mol. The third-order valence-corrected chi connectivity index (χ3v) is 6.28.